The largest absolute Gasteiger partial charge is 0.381 e. The van der Waals surface area contributed by atoms with E-state index in [1.54, 1.807) is 0 Å². The number of nitrogens with zero attached hydrogens (tertiary/aromatic N) is 1. The molecule has 1 saturated heterocycles. The number of anilines is 1. The van der Waals surface area contributed by atoms with E-state index in [1.165, 1.54) is 24.1 Å². The number of hydrogen-bond donors (Lipinski definition) is 2. The predicted molar refractivity (Wildman–Crippen MR) is 129 cm³/mol. The fraction of sp³-hybridized carbons (Fsp3) is 0.500. The molecule has 2 aliphatic heterocycles. The SMILES string of the molecule is O=C(N[C@@H]1CCCC[C@@H]1C(=O)N1CC[C@H]2[C@@H](C3CC3)Nc3ccccc3[C@H]21)c1ccccc1. The number of hydrogen-bond acceptors (Lipinski definition) is 3. The molecule has 5 atom stereocenters. The van der Waals surface area contributed by atoms with Gasteiger partial charge in [-0.2, -0.15) is 0 Å². The summed E-state index contributed by atoms with van der Waals surface area (Å²) in [6.45, 7) is 0.823. The summed E-state index contributed by atoms with van der Waals surface area (Å²) >= 11 is 0. The van der Waals surface area contributed by atoms with E-state index >= 15 is 0 Å². The van der Waals surface area contributed by atoms with Crippen molar-refractivity contribution in [3.05, 3.63) is 65.7 Å². The van der Waals surface area contributed by atoms with Gasteiger partial charge < -0.3 is 15.5 Å². The van der Waals surface area contributed by atoms with Crippen molar-refractivity contribution < 1.29 is 9.59 Å². The maximum Gasteiger partial charge on any atom is 0.251 e. The van der Waals surface area contributed by atoms with Crippen LogP contribution < -0.4 is 10.6 Å². The van der Waals surface area contributed by atoms with Crippen LogP contribution in [0.25, 0.3) is 0 Å². The summed E-state index contributed by atoms with van der Waals surface area (Å²) in [4.78, 5) is 29.1. The lowest BCUT2D eigenvalue weighted by Gasteiger charge is -2.42. The third-order valence-electron chi connectivity index (χ3n) is 8.36. The van der Waals surface area contributed by atoms with Crippen molar-refractivity contribution >= 4 is 17.5 Å². The summed E-state index contributed by atoms with van der Waals surface area (Å²) < 4.78 is 0. The lowest BCUT2D eigenvalue weighted by atomic mass is 9.79. The first-order valence-electron chi connectivity index (χ1n) is 12.7. The molecule has 6 rings (SSSR count). The maximum absolute atomic E-state index is 14.0. The summed E-state index contributed by atoms with van der Waals surface area (Å²) in [5.74, 6) is 1.27. The van der Waals surface area contributed by atoms with Gasteiger partial charge in [-0.3, -0.25) is 9.59 Å². The van der Waals surface area contributed by atoms with Crippen LogP contribution in [0, 0.1) is 17.8 Å². The van der Waals surface area contributed by atoms with Crippen LogP contribution in [-0.2, 0) is 4.79 Å². The first kappa shape index (κ1) is 20.8. The fourth-order valence-corrected chi connectivity index (χ4v) is 6.59. The minimum Gasteiger partial charge on any atom is -0.381 e. The third kappa shape index (κ3) is 3.81. The Hall–Kier alpha value is -2.82. The van der Waals surface area contributed by atoms with Crippen molar-refractivity contribution in [2.75, 3.05) is 11.9 Å². The lowest BCUT2D eigenvalue weighted by Crippen LogP contribution is -2.50. The van der Waals surface area contributed by atoms with Crippen LogP contribution >= 0.6 is 0 Å². The predicted octanol–water partition coefficient (Wildman–Crippen LogP) is 4.77. The van der Waals surface area contributed by atoms with Crippen LogP contribution in [0.15, 0.2) is 54.6 Å². The second-order valence-corrected chi connectivity index (χ2v) is 10.4. The van der Waals surface area contributed by atoms with Crippen molar-refractivity contribution in [3.8, 4) is 0 Å². The maximum atomic E-state index is 14.0. The molecule has 0 unspecified atom stereocenters. The summed E-state index contributed by atoms with van der Waals surface area (Å²) in [6, 6.07) is 18.5. The molecule has 2 saturated carbocycles. The molecule has 0 bridgehead atoms. The lowest BCUT2D eigenvalue weighted by molar-refractivity contribution is -0.138. The number of likely N-dealkylation sites (tertiary alicyclic amines) is 1. The Morgan fingerprint density at radius 3 is 2.45 bits per heavy atom. The highest BCUT2D eigenvalue weighted by Gasteiger charge is 2.51. The summed E-state index contributed by atoms with van der Waals surface area (Å²) in [5, 5.41) is 7.05. The number of rotatable bonds is 4. The average molecular weight is 444 g/mol. The number of fused-ring (bicyclic) bond motifs is 3. The molecule has 2 aliphatic carbocycles. The number of benzene rings is 2. The normalized spacial score (nSPS) is 30.7. The van der Waals surface area contributed by atoms with Gasteiger partial charge in [-0.1, -0.05) is 49.2 Å². The highest BCUT2D eigenvalue weighted by molar-refractivity contribution is 5.94. The molecule has 5 heteroatoms. The van der Waals surface area contributed by atoms with Crippen LogP contribution in [-0.4, -0.2) is 35.3 Å². The van der Waals surface area contributed by atoms with Crippen LogP contribution in [0.3, 0.4) is 0 Å². The minimum absolute atomic E-state index is 0.0689. The van der Waals surface area contributed by atoms with Gasteiger partial charge in [0, 0.05) is 35.8 Å². The molecule has 2 amide bonds. The fourth-order valence-electron chi connectivity index (χ4n) is 6.59. The highest BCUT2D eigenvalue weighted by atomic mass is 16.2. The van der Waals surface area contributed by atoms with Crippen molar-refractivity contribution in [2.45, 2.75) is 63.1 Å². The molecule has 0 aromatic heterocycles. The number of nitrogens with one attached hydrogen (secondary N) is 2. The Labute approximate surface area is 195 Å². The Kier molecular flexibility index (Phi) is 5.35. The molecule has 2 heterocycles. The Bertz CT molecular complexity index is 1030. The van der Waals surface area contributed by atoms with E-state index in [0.717, 1.165) is 44.6 Å². The second kappa shape index (κ2) is 8.51. The van der Waals surface area contributed by atoms with Crippen molar-refractivity contribution in [1.29, 1.82) is 0 Å². The van der Waals surface area contributed by atoms with E-state index in [1.807, 2.05) is 30.3 Å². The first-order valence-corrected chi connectivity index (χ1v) is 12.7. The third-order valence-corrected chi connectivity index (χ3v) is 8.36. The standard InChI is InChI=1S/C28H33N3O2/c32-27(19-8-2-1-3-9-19)30-24-13-7-5-11-21(24)28(33)31-17-16-22-25(18-14-15-18)29-23-12-6-4-10-20(23)26(22)31/h1-4,6,8-10,12,18,21-22,24-26,29H,5,7,11,13-17H2,(H,30,32)/t21-,22-,24+,25+,26+/m0/s1. The Balaban J connectivity index is 1.25. The highest BCUT2D eigenvalue weighted by Crippen LogP contribution is 2.52. The monoisotopic (exact) mass is 443 g/mol. The van der Waals surface area contributed by atoms with Crippen LogP contribution in [0.1, 0.15) is 66.9 Å². The topological polar surface area (TPSA) is 61.4 Å². The van der Waals surface area contributed by atoms with E-state index < -0.39 is 0 Å². The number of para-hydroxylation sites is 1. The average Bonchev–Trinajstić information content (AvgIpc) is 3.61. The molecule has 0 spiro atoms. The van der Waals surface area contributed by atoms with Crippen LogP contribution in [0.2, 0.25) is 0 Å². The van der Waals surface area contributed by atoms with E-state index in [2.05, 4.69) is 39.8 Å². The second-order valence-electron chi connectivity index (χ2n) is 10.4. The van der Waals surface area contributed by atoms with Gasteiger partial charge in [0.1, 0.15) is 0 Å². The Morgan fingerprint density at radius 1 is 0.879 bits per heavy atom. The van der Waals surface area contributed by atoms with Gasteiger partial charge in [0.05, 0.1) is 12.0 Å². The van der Waals surface area contributed by atoms with Gasteiger partial charge in [-0.15, -0.1) is 0 Å². The number of carbonyl (C=O) groups is 2. The van der Waals surface area contributed by atoms with E-state index in [0.29, 0.717) is 17.5 Å². The molecular formula is C28H33N3O2. The zero-order chi connectivity index (χ0) is 22.4. The molecular weight excluding hydrogens is 410 g/mol. The van der Waals surface area contributed by atoms with Crippen molar-refractivity contribution in [1.82, 2.24) is 10.2 Å². The van der Waals surface area contributed by atoms with Crippen molar-refractivity contribution in [2.24, 2.45) is 17.8 Å². The van der Waals surface area contributed by atoms with E-state index in [-0.39, 0.29) is 29.8 Å². The number of amides is 2. The van der Waals surface area contributed by atoms with Gasteiger partial charge in [-0.25, -0.2) is 0 Å². The summed E-state index contributed by atoms with van der Waals surface area (Å²) in [5.41, 5.74) is 3.13. The minimum atomic E-state index is -0.133. The molecule has 5 nitrogen and oxygen atoms in total. The Morgan fingerprint density at radius 2 is 1.64 bits per heavy atom. The molecule has 2 N–H and O–H groups in total. The molecule has 3 fully saturated rings. The zero-order valence-electron chi connectivity index (χ0n) is 19.1. The van der Waals surface area contributed by atoms with Gasteiger partial charge in [-0.05, 0) is 61.8 Å². The molecule has 0 radical (unpaired) electrons. The number of carbonyl (C=O) groups excluding carboxylic acids is 2. The quantitative estimate of drug-likeness (QED) is 0.716. The molecule has 2 aromatic carbocycles. The van der Waals surface area contributed by atoms with E-state index in [9.17, 15) is 9.59 Å². The van der Waals surface area contributed by atoms with Crippen LogP contribution in [0.4, 0.5) is 5.69 Å². The summed E-state index contributed by atoms with van der Waals surface area (Å²) in [7, 11) is 0. The van der Waals surface area contributed by atoms with Gasteiger partial charge in [0.15, 0.2) is 0 Å². The van der Waals surface area contributed by atoms with Gasteiger partial charge >= 0.3 is 0 Å². The molecule has 33 heavy (non-hydrogen) atoms. The van der Waals surface area contributed by atoms with Gasteiger partial charge in [0.2, 0.25) is 5.91 Å². The van der Waals surface area contributed by atoms with Gasteiger partial charge in [0.25, 0.3) is 5.91 Å². The molecule has 172 valence electrons. The molecule has 4 aliphatic rings. The smallest absolute Gasteiger partial charge is 0.251 e. The molecule has 2 aromatic rings. The zero-order valence-corrected chi connectivity index (χ0v) is 19.1. The van der Waals surface area contributed by atoms with Crippen LogP contribution in [0.5, 0.6) is 0 Å². The van der Waals surface area contributed by atoms with E-state index in [4.69, 9.17) is 0 Å². The van der Waals surface area contributed by atoms with Crippen molar-refractivity contribution in [3.63, 3.8) is 0 Å². The summed E-state index contributed by atoms with van der Waals surface area (Å²) in [6.07, 6.45) is 7.51. The first-order chi connectivity index (χ1) is 16.2.